The van der Waals surface area contributed by atoms with E-state index in [0.29, 0.717) is 19.3 Å². The van der Waals surface area contributed by atoms with Gasteiger partial charge in [0, 0.05) is 24.1 Å². The van der Waals surface area contributed by atoms with E-state index in [1.165, 1.54) is 0 Å². The second kappa shape index (κ2) is 6.39. The number of rotatable bonds is 7. The summed E-state index contributed by atoms with van der Waals surface area (Å²) < 4.78 is 44.7. The summed E-state index contributed by atoms with van der Waals surface area (Å²) >= 11 is -3.32. The molecule has 3 nitrogen and oxygen atoms in total. The largest absolute Gasteiger partial charge is 0.768 e. The normalized spacial score (nSPS) is 14.5. The van der Waals surface area contributed by atoms with E-state index in [2.05, 4.69) is 0 Å². The summed E-state index contributed by atoms with van der Waals surface area (Å²) in [4.78, 5) is 0. The van der Waals surface area contributed by atoms with Gasteiger partial charge >= 0.3 is 5.25 Å². The van der Waals surface area contributed by atoms with Gasteiger partial charge in [-0.05, 0) is 12.8 Å². The van der Waals surface area contributed by atoms with Crippen molar-refractivity contribution in [1.29, 1.82) is 0 Å². The van der Waals surface area contributed by atoms with Crippen LogP contribution in [-0.2, 0) is 11.1 Å². The third-order valence-corrected chi connectivity index (χ3v) is 2.31. The molecule has 0 rings (SSSR count). The summed E-state index contributed by atoms with van der Waals surface area (Å²) in [7, 11) is 0. The summed E-state index contributed by atoms with van der Waals surface area (Å²) in [6.07, 6.45) is 1.28. The Morgan fingerprint density at radius 3 is 2.23 bits per heavy atom. The van der Waals surface area contributed by atoms with Crippen LogP contribution in [0.1, 0.15) is 32.1 Å². The molecule has 1 unspecified atom stereocenters. The predicted octanol–water partition coefficient (Wildman–Crippen LogP) is 1.40. The van der Waals surface area contributed by atoms with Crippen LogP contribution in [0.3, 0.4) is 0 Å². The first-order chi connectivity index (χ1) is 6.00. The third-order valence-electron chi connectivity index (χ3n) is 1.62. The number of aliphatic hydroxyl groups is 1. The maximum Gasteiger partial charge on any atom is 0.309 e. The molecule has 1 N–H and O–H groups in total. The van der Waals surface area contributed by atoms with Crippen molar-refractivity contribution >= 4 is 11.1 Å². The van der Waals surface area contributed by atoms with Gasteiger partial charge in [0.15, 0.2) is 0 Å². The molecule has 80 valence electrons. The standard InChI is InChI=1S/C7H14F2O3S/c8-7(9,13(11)12)5-3-1-2-4-6-10/h10H,1-6H2,(H,11,12)/p-1. The second-order valence-electron chi connectivity index (χ2n) is 2.76. The van der Waals surface area contributed by atoms with Crippen molar-refractivity contribution in [3.8, 4) is 0 Å². The van der Waals surface area contributed by atoms with Crippen LogP contribution in [0, 0.1) is 0 Å². The molecular weight excluding hydrogens is 202 g/mol. The fraction of sp³-hybridized carbons (Fsp3) is 1.00. The molecule has 0 spiro atoms. The van der Waals surface area contributed by atoms with E-state index in [4.69, 9.17) is 5.11 Å². The number of alkyl halides is 2. The van der Waals surface area contributed by atoms with Gasteiger partial charge in [0.25, 0.3) is 0 Å². The molecule has 0 radical (unpaired) electrons. The smallest absolute Gasteiger partial charge is 0.309 e. The van der Waals surface area contributed by atoms with Crippen LogP contribution in [0.5, 0.6) is 0 Å². The van der Waals surface area contributed by atoms with E-state index < -0.39 is 22.8 Å². The molecule has 0 aliphatic heterocycles. The lowest BCUT2D eigenvalue weighted by atomic mass is 10.1. The Bertz CT molecular complexity index is 164. The minimum Gasteiger partial charge on any atom is -0.768 e. The third kappa shape index (κ3) is 6.06. The van der Waals surface area contributed by atoms with Gasteiger partial charge in [-0.15, -0.1) is 0 Å². The number of hydrogen-bond donors (Lipinski definition) is 1. The van der Waals surface area contributed by atoms with Gasteiger partial charge in [0.05, 0.1) is 0 Å². The van der Waals surface area contributed by atoms with Gasteiger partial charge in [-0.25, -0.2) is 0 Å². The zero-order chi connectivity index (χ0) is 10.3. The summed E-state index contributed by atoms with van der Waals surface area (Å²) in [6.45, 7) is 0.0455. The molecule has 0 aliphatic carbocycles. The van der Waals surface area contributed by atoms with Crippen LogP contribution < -0.4 is 0 Å². The van der Waals surface area contributed by atoms with Crippen molar-refractivity contribution in [2.45, 2.75) is 37.4 Å². The van der Waals surface area contributed by atoms with Gasteiger partial charge < -0.3 is 9.66 Å². The number of unbranched alkanes of at least 4 members (excludes halogenated alkanes) is 3. The molecule has 0 aromatic rings. The van der Waals surface area contributed by atoms with Gasteiger partial charge in [-0.2, -0.15) is 8.78 Å². The van der Waals surface area contributed by atoms with Crippen LogP contribution in [0.4, 0.5) is 8.78 Å². The molecule has 0 saturated heterocycles. The summed E-state index contributed by atoms with van der Waals surface area (Å²) in [5.41, 5.74) is 0. The molecule has 0 aromatic heterocycles. The van der Waals surface area contributed by atoms with E-state index in [1.807, 2.05) is 0 Å². The predicted molar refractivity (Wildman–Crippen MR) is 44.0 cm³/mol. The van der Waals surface area contributed by atoms with Crippen molar-refractivity contribution in [1.82, 2.24) is 0 Å². The zero-order valence-electron chi connectivity index (χ0n) is 7.17. The topological polar surface area (TPSA) is 60.4 Å². The highest BCUT2D eigenvalue weighted by Crippen LogP contribution is 2.24. The Morgan fingerprint density at radius 1 is 1.23 bits per heavy atom. The van der Waals surface area contributed by atoms with Crippen molar-refractivity contribution in [3.05, 3.63) is 0 Å². The van der Waals surface area contributed by atoms with Crippen molar-refractivity contribution in [2.24, 2.45) is 0 Å². The first-order valence-corrected chi connectivity index (χ1v) is 5.16. The Morgan fingerprint density at radius 2 is 1.77 bits per heavy atom. The lowest BCUT2D eigenvalue weighted by Crippen LogP contribution is -2.22. The number of aliphatic hydroxyl groups excluding tert-OH is 1. The molecule has 13 heavy (non-hydrogen) atoms. The van der Waals surface area contributed by atoms with E-state index >= 15 is 0 Å². The van der Waals surface area contributed by atoms with Crippen molar-refractivity contribution in [2.75, 3.05) is 6.61 Å². The Balaban J connectivity index is 3.46. The Kier molecular flexibility index (Phi) is 6.36. The number of hydrogen-bond acceptors (Lipinski definition) is 3. The highest BCUT2D eigenvalue weighted by Gasteiger charge is 2.29. The van der Waals surface area contributed by atoms with Crippen LogP contribution in [-0.4, -0.2) is 25.7 Å². The van der Waals surface area contributed by atoms with Crippen LogP contribution in [0.2, 0.25) is 0 Å². The Labute approximate surface area is 78.4 Å². The fourth-order valence-electron chi connectivity index (χ4n) is 0.879. The summed E-state index contributed by atoms with van der Waals surface area (Å²) in [6, 6.07) is 0. The lowest BCUT2D eigenvalue weighted by molar-refractivity contribution is 0.0760. The zero-order valence-corrected chi connectivity index (χ0v) is 7.99. The fourth-order valence-corrected chi connectivity index (χ4v) is 1.19. The first kappa shape index (κ1) is 12.9. The van der Waals surface area contributed by atoms with Gasteiger partial charge in [-0.1, -0.05) is 12.8 Å². The average Bonchev–Trinajstić information content (AvgIpc) is 2.03. The molecule has 0 aliphatic rings. The lowest BCUT2D eigenvalue weighted by Gasteiger charge is -2.18. The quantitative estimate of drug-likeness (QED) is 0.516. The Hall–Kier alpha value is -0.0700. The molecule has 0 bridgehead atoms. The monoisotopic (exact) mass is 215 g/mol. The SMILES string of the molecule is O=S([O-])C(F)(F)CCCCCCO. The van der Waals surface area contributed by atoms with Gasteiger partial charge in [-0.3, -0.25) is 4.21 Å². The molecule has 6 heteroatoms. The minimum atomic E-state index is -3.60. The molecule has 1 atom stereocenters. The summed E-state index contributed by atoms with van der Waals surface area (Å²) in [5, 5.41) is 4.77. The van der Waals surface area contributed by atoms with Gasteiger partial charge in [0.2, 0.25) is 0 Å². The minimum absolute atomic E-state index is 0.0455. The highest BCUT2D eigenvalue weighted by atomic mass is 32.2. The maximum absolute atomic E-state index is 12.4. The molecule has 0 amide bonds. The maximum atomic E-state index is 12.4. The van der Waals surface area contributed by atoms with Crippen LogP contribution in [0.25, 0.3) is 0 Å². The number of halogens is 2. The van der Waals surface area contributed by atoms with Crippen LogP contribution in [0.15, 0.2) is 0 Å². The van der Waals surface area contributed by atoms with E-state index in [-0.39, 0.29) is 13.0 Å². The van der Waals surface area contributed by atoms with E-state index in [9.17, 15) is 17.5 Å². The van der Waals surface area contributed by atoms with Crippen LogP contribution >= 0.6 is 0 Å². The molecule has 0 saturated carbocycles. The molecule has 0 heterocycles. The molecular formula is C7H13F2O3S-. The van der Waals surface area contributed by atoms with Gasteiger partial charge in [0.1, 0.15) is 0 Å². The summed E-state index contributed by atoms with van der Waals surface area (Å²) in [5.74, 6) is 0. The van der Waals surface area contributed by atoms with E-state index in [0.717, 1.165) is 0 Å². The average molecular weight is 215 g/mol. The second-order valence-corrected chi connectivity index (χ2v) is 3.83. The van der Waals surface area contributed by atoms with E-state index in [1.54, 1.807) is 0 Å². The van der Waals surface area contributed by atoms with Crippen molar-refractivity contribution in [3.63, 3.8) is 0 Å². The van der Waals surface area contributed by atoms with Crippen molar-refractivity contribution < 1.29 is 22.6 Å². The molecule has 0 aromatic carbocycles. The highest BCUT2D eigenvalue weighted by molar-refractivity contribution is 7.80. The first-order valence-electron chi connectivity index (χ1n) is 4.09. The molecule has 0 fully saturated rings.